The molecular formula is C10H11ClO. The van der Waals surface area contributed by atoms with Crippen LogP contribution in [-0.2, 0) is 4.74 Å². The maximum Gasteiger partial charge on any atom is 0.0845 e. The smallest absolute Gasteiger partial charge is 0.0845 e. The summed E-state index contributed by atoms with van der Waals surface area (Å²) >= 11 is 5.72. The van der Waals surface area contributed by atoms with Crippen molar-refractivity contribution in [2.24, 2.45) is 0 Å². The van der Waals surface area contributed by atoms with Crippen molar-refractivity contribution >= 4 is 17.7 Å². The van der Waals surface area contributed by atoms with Gasteiger partial charge in [0, 0.05) is 5.02 Å². The standard InChI is InChI=1S/C10H11ClO/c1-2-12-8-7-9-3-5-10(11)6-4-9/h3-8H,2H2,1H3. The van der Waals surface area contributed by atoms with Crippen LogP contribution >= 0.6 is 11.6 Å². The predicted octanol–water partition coefficient (Wildman–Crippen LogP) is 3.35. The molecule has 0 aliphatic carbocycles. The van der Waals surface area contributed by atoms with E-state index in [-0.39, 0.29) is 0 Å². The molecule has 0 heterocycles. The lowest BCUT2D eigenvalue weighted by Gasteiger charge is -1.94. The highest BCUT2D eigenvalue weighted by molar-refractivity contribution is 6.30. The molecule has 0 fully saturated rings. The third-order valence-corrected chi connectivity index (χ3v) is 1.65. The van der Waals surface area contributed by atoms with E-state index < -0.39 is 0 Å². The number of ether oxygens (including phenoxy) is 1. The Labute approximate surface area is 77.6 Å². The zero-order valence-corrected chi connectivity index (χ0v) is 7.71. The lowest BCUT2D eigenvalue weighted by molar-refractivity contribution is 0.272. The van der Waals surface area contributed by atoms with Gasteiger partial charge in [0.2, 0.25) is 0 Å². The Kier molecular flexibility index (Phi) is 3.68. The van der Waals surface area contributed by atoms with Gasteiger partial charge in [-0.05, 0) is 30.7 Å². The second-order valence-corrected chi connectivity index (χ2v) is 2.75. The Morgan fingerprint density at radius 2 is 2.00 bits per heavy atom. The van der Waals surface area contributed by atoms with Crippen LogP contribution in [-0.4, -0.2) is 6.61 Å². The number of hydrogen-bond donors (Lipinski definition) is 0. The van der Waals surface area contributed by atoms with E-state index in [0.717, 1.165) is 10.6 Å². The molecule has 0 saturated heterocycles. The van der Waals surface area contributed by atoms with Crippen molar-refractivity contribution in [3.8, 4) is 0 Å². The van der Waals surface area contributed by atoms with Crippen LogP contribution in [0.2, 0.25) is 5.02 Å². The van der Waals surface area contributed by atoms with Crippen molar-refractivity contribution in [1.82, 2.24) is 0 Å². The van der Waals surface area contributed by atoms with Crippen molar-refractivity contribution in [1.29, 1.82) is 0 Å². The highest BCUT2D eigenvalue weighted by Gasteiger charge is 1.86. The Morgan fingerprint density at radius 3 is 2.58 bits per heavy atom. The highest BCUT2D eigenvalue weighted by atomic mass is 35.5. The molecule has 0 atom stereocenters. The first-order valence-corrected chi connectivity index (χ1v) is 4.24. The molecule has 0 saturated carbocycles. The van der Waals surface area contributed by atoms with Gasteiger partial charge in [-0.3, -0.25) is 0 Å². The fourth-order valence-corrected chi connectivity index (χ4v) is 0.923. The minimum atomic E-state index is 0.699. The van der Waals surface area contributed by atoms with Crippen LogP contribution in [0.3, 0.4) is 0 Å². The molecule has 0 spiro atoms. The average molecular weight is 183 g/mol. The van der Waals surface area contributed by atoms with E-state index in [4.69, 9.17) is 16.3 Å². The number of rotatable bonds is 3. The molecule has 0 bridgehead atoms. The van der Waals surface area contributed by atoms with Gasteiger partial charge >= 0.3 is 0 Å². The summed E-state index contributed by atoms with van der Waals surface area (Å²) in [5, 5.41) is 0.753. The van der Waals surface area contributed by atoms with E-state index in [1.54, 1.807) is 6.26 Å². The molecule has 0 N–H and O–H groups in total. The van der Waals surface area contributed by atoms with E-state index in [1.165, 1.54) is 0 Å². The van der Waals surface area contributed by atoms with Crippen molar-refractivity contribution in [3.63, 3.8) is 0 Å². The van der Waals surface area contributed by atoms with Gasteiger partial charge in [-0.1, -0.05) is 23.7 Å². The molecule has 0 aliphatic rings. The molecule has 2 heteroatoms. The van der Waals surface area contributed by atoms with E-state index in [1.807, 2.05) is 37.3 Å². The Hall–Kier alpha value is -0.950. The van der Waals surface area contributed by atoms with Crippen LogP contribution in [0.5, 0.6) is 0 Å². The lowest BCUT2D eigenvalue weighted by atomic mass is 10.2. The van der Waals surface area contributed by atoms with E-state index >= 15 is 0 Å². The predicted molar refractivity (Wildman–Crippen MR) is 52.1 cm³/mol. The summed E-state index contributed by atoms with van der Waals surface area (Å²) < 4.78 is 5.05. The van der Waals surface area contributed by atoms with Crippen LogP contribution < -0.4 is 0 Å². The van der Waals surface area contributed by atoms with Crippen molar-refractivity contribution in [3.05, 3.63) is 41.1 Å². The Morgan fingerprint density at radius 1 is 1.33 bits per heavy atom. The van der Waals surface area contributed by atoms with Gasteiger partial charge in [0.25, 0.3) is 0 Å². The minimum absolute atomic E-state index is 0.699. The molecule has 1 rings (SSSR count). The summed E-state index contributed by atoms with van der Waals surface area (Å²) in [6.45, 7) is 2.65. The molecule has 0 amide bonds. The zero-order chi connectivity index (χ0) is 8.81. The summed E-state index contributed by atoms with van der Waals surface area (Å²) in [5.74, 6) is 0. The SMILES string of the molecule is CCOC=Cc1ccc(Cl)cc1. The summed E-state index contributed by atoms with van der Waals surface area (Å²) in [6.07, 6.45) is 3.59. The Balaban J connectivity index is 2.58. The summed E-state index contributed by atoms with van der Waals surface area (Å²) in [6, 6.07) is 7.59. The number of benzene rings is 1. The van der Waals surface area contributed by atoms with E-state index in [0.29, 0.717) is 6.61 Å². The lowest BCUT2D eigenvalue weighted by Crippen LogP contribution is -1.76. The highest BCUT2D eigenvalue weighted by Crippen LogP contribution is 2.10. The van der Waals surface area contributed by atoms with Crippen molar-refractivity contribution in [2.75, 3.05) is 6.61 Å². The topological polar surface area (TPSA) is 9.23 Å². The first kappa shape index (κ1) is 9.14. The van der Waals surface area contributed by atoms with Gasteiger partial charge in [0.05, 0.1) is 12.9 Å². The van der Waals surface area contributed by atoms with Gasteiger partial charge in [-0.2, -0.15) is 0 Å². The van der Waals surface area contributed by atoms with Crippen LogP contribution in [0.25, 0.3) is 6.08 Å². The molecule has 0 aromatic heterocycles. The maximum absolute atomic E-state index is 5.72. The Bertz CT molecular complexity index is 251. The van der Waals surface area contributed by atoms with E-state index in [2.05, 4.69) is 0 Å². The third-order valence-electron chi connectivity index (χ3n) is 1.39. The van der Waals surface area contributed by atoms with Gasteiger partial charge in [-0.15, -0.1) is 0 Å². The zero-order valence-electron chi connectivity index (χ0n) is 6.96. The molecule has 0 radical (unpaired) electrons. The molecule has 0 aliphatic heterocycles. The van der Waals surface area contributed by atoms with Crippen LogP contribution in [0.4, 0.5) is 0 Å². The van der Waals surface area contributed by atoms with Crippen LogP contribution in [0.15, 0.2) is 30.5 Å². The van der Waals surface area contributed by atoms with Crippen molar-refractivity contribution in [2.45, 2.75) is 6.92 Å². The molecular weight excluding hydrogens is 172 g/mol. The third kappa shape index (κ3) is 2.97. The fourth-order valence-electron chi connectivity index (χ4n) is 0.797. The maximum atomic E-state index is 5.72. The normalized spacial score (nSPS) is 10.5. The molecule has 12 heavy (non-hydrogen) atoms. The van der Waals surface area contributed by atoms with Crippen molar-refractivity contribution < 1.29 is 4.74 Å². The molecule has 1 aromatic carbocycles. The van der Waals surface area contributed by atoms with Crippen LogP contribution in [0, 0.1) is 0 Å². The monoisotopic (exact) mass is 182 g/mol. The average Bonchev–Trinajstić information content (AvgIpc) is 2.09. The second-order valence-electron chi connectivity index (χ2n) is 2.31. The molecule has 1 aromatic rings. The second kappa shape index (κ2) is 4.83. The van der Waals surface area contributed by atoms with Gasteiger partial charge < -0.3 is 4.74 Å². The summed E-state index contributed by atoms with van der Waals surface area (Å²) in [5.41, 5.74) is 1.09. The number of hydrogen-bond acceptors (Lipinski definition) is 1. The first-order chi connectivity index (χ1) is 5.83. The molecule has 64 valence electrons. The van der Waals surface area contributed by atoms with Crippen LogP contribution in [0.1, 0.15) is 12.5 Å². The minimum Gasteiger partial charge on any atom is -0.501 e. The summed E-state index contributed by atoms with van der Waals surface area (Å²) in [4.78, 5) is 0. The van der Waals surface area contributed by atoms with Gasteiger partial charge in [0.1, 0.15) is 0 Å². The van der Waals surface area contributed by atoms with E-state index in [9.17, 15) is 0 Å². The van der Waals surface area contributed by atoms with Gasteiger partial charge in [0.15, 0.2) is 0 Å². The summed E-state index contributed by atoms with van der Waals surface area (Å²) in [7, 11) is 0. The first-order valence-electron chi connectivity index (χ1n) is 3.86. The van der Waals surface area contributed by atoms with Gasteiger partial charge in [-0.25, -0.2) is 0 Å². The number of halogens is 1. The molecule has 1 nitrogen and oxygen atoms in total. The molecule has 0 unspecified atom stereocenters. The largest absolute Gasteiger partial charge is 0.501 e. The quantitative estimate of drug-likeness (QED) is 0.652. The fraction of sp³-hybridized carbons (Fsp3) is 0.200.